The van der Waals surface area contributed by atoms with Crippen LogP contribution in [0.3, 0.4) is 0 Å². The minimum Gasteiger partial charge on any atom is -0.389 e. The lowest BCUT2D eigenvalue weighted by molar-refractivity contribution is 0.199. The van der Waals surface area contributed by atoms with E-state index >= 15 is 0 Å². The van der Waals surface area contributed by atoms with Gasteiger partial charge in [-0.1, -0.05) is 61.2 Å². The van der Waals surface area contributed by atoms with Gasteiger partial charge in [0, 0.05) is 5.56 Å². The molecule has 0 spiro atoms. The molecule has 0 radical (unpaired) electrons. The van der Waals surface area contributed by atoms with E-state index in [1.165, 1.54) is 0 Å². The van der Waals surface area contributed by atoms with E-state index in [1.807, 2.05) is 48.5 Å². The Hall–Kier alpha value is -2.45. The normalized spacial score (nSPS) is 12.3. The molecule has 1 unspecified atom stereocenters. The lowest BCUT2D eigenvalue weighted by atomic mass is 9.94. The molecule has 2 aromatic carbocycles. The topological polar surface area (TPSA) is 44.1 Å². The Morgan fingerprint density at radius 3 is 2.48 bits per heavy atom. The van der Waals surface area contributed by atoms with Crippen molar-refractivity contribution in [3.8, 4) is 11.1 Å². The van der Waals surface area contributed by atoms with Gasteiger partial charge in [-0.15, -0.1) is 0 Å². The quantitative estimate of drug-likeness (QED) is 0.612. The fraction of sp³-hybridized carbons (Fsp3) is 0.105. The Balaban J connectivity index is 2.47. The maximum absolute atomic E-state index is 10.0. The van der Waals surface area contributed by atoms with Gasteiger partial charge in [-0.05, 0) is 35.8 Å². The molecule has 1 atom stereocenters. The molecule has 0 amide bonds. The molecule has 0 heterocycles. The molecule has 0 aromatic heterocycles. The molecule has 2 aromatic rings. The summed E-state index contributed by atoms with van der Waals surface area (Å²) in [5.74, 6) is 0. The van der Waals surface area contributed by atoms with Crippen LogP contribution in [0.2, 0.25) is 0 Å². The van der Waals surface area contributed by atoms with E-state index < -0.39 is 6.10 Å². The number of hydrogen-bond acceptors (Lipinski definition) is 2. The maximum Gasteiger partial charge on any atom is 0.0768 e. The first-order chi connectivity index (χ1) is 10.1. The highest BCUT2D eigenvalue weighted by atomic mass is 16.3. The number of nitrogens with one attached hydrogen (secondary N) is 1. The monoisotopic (exact) mass is 277 g/mol. The van der Waals surface area contributed by atoms with Crippen LogP contribution in [-0.4, -0.2) is 10.8 Å². The van der Waals surface area contributed by atoms with Gasteiger partial charge in [0.05, 0.1) is 11.8 Å². The molecule has 2 N–H and O–H groups in total. The van der Waals surface area contributed by atoms with Crippen molar-refractivity contribution in [2.45, 2.75) is 13.0 Å². The van der Waals surface area contributed by atoms with Crippen LogP contribution in [0.1, 0.15) is 24.2 Å². The van der Waals surface area contributed by atoms with Gasteiger partial charge in [0.2, 0.25) is 0 Å². The van der Waals surface area contributed by atoms with Gasteiger partial charge >= 0.3 is 0 Å². The van der Waals surface area contributed by atoms with Crippen molar-refractivity contribution in [1.82, 2.24) is 0 Å². The number of aliphatic hydroxyl groups is 1. The van der Waals surface area contributed by atoms with Gasteiger partial charge in [0.15, 0.2) is 0 Å². The van der Waals surface area contributed by atoms with E-state index in [9.17, 15) is 5.11 Å². The average molecular weight is 277 g/mol. The van der Waals surface area contributed by atoms with E-state index in [0.29, 0.717) is 5.71 Å². The summed E-state index contributed by atoms with van der Waals surface area (Å²) in [4.78, 5) is 0. The molecule has 0 aliphatic rings. The third kappa shape index (κ3) is 3.56. The number of aliphatic hydroxyl groups excluding tert-OH is 1. The molecule has 2 heteroatoms. The highest BCUT2D eigenvalue weighted by molar-refractivity contribution is 6.08. The predicted octanol–water partition coefficient (Wildman–Crippen LogP) is 4.52. The van der Waals surface area contributed by atoms with E-state index in [2.05, 4.69) is 6.58 Å². The van der Waals surface area contributed by atoms with Gasteiger partial charge in [-0.2, -0.15) is 0 Å². The SMILES string of the molecule is C=C/C=C\C(=N)c1ccc(-c2ccccc2)cc1C(C)O. The van der Waals surface area contributed by atoms with Crippen LogP contribution in [0.15, 0.2) is 73.3 Å². The number of benzene rings is 2. The second kappa shape index (κ2) is 6.82. The molecular weight excluding hydrogens is 258 g/mol. The average Bonchev–Trinajstić information content (AvgIpc) is 2.52. The first kappa shape index (κ1) is 14.9. The number of allylic oxidation sites excluding steroid dienone is 3. The summed E-state index contributed by atoms with van der Waals surface area (Å²) < 4.78 is 0. The van der Waals surface area contributed by atoms with Crippen LogP contribution < -0.4 is 0 Å². The fourth-order valence-corrected chi connectivity index (χ4v) is 2.22. The molecule has 0 saturated carbocycles. The highest BCUT2D eigenvalue weighted by Gasteiger charge is 2.12. The Bertz CT molecular complexity index is 669. The molecule has 2 rings (SSSR count). The van der Waals surface area contributed by atoms with Crippen LogP contribution in [0.4, 0.5) is 0 Å². The van der Waals surface area contributed by atoms with Crippen molar-refractivity contribution in [3.63, 3.8) is 0 Å². The Labute approximate surface area is 125 Å². The van der Waals surface area contributed by atoms with Crippen LogP contribution in [0.25, 0.3) is 11.1 Å². The molecule has 0 saturated heterocycles. The summed E-state index contributed by atoms with van der Waals surface area (Å²) in [6, 6.07) is 15.8. The Morgan fingerprint density at radius 1 is 1.14 bits per heavy atom. The number of hydrogen-bond donors (Lipinski definition) is 2. The van der Waals surface area contributed by atoms with Crippen molar-refractivity contribution in [2.24, 2.45) is 0 Å². The summed E-state index contributed by atoms with van der Waals surface area (Å²) in [6.07, 6.45) is 4.41. The first-order valence-electron chi connectivity index (χ1n) is 6.89. The maximum atomic E-state index is 10.0. The molecule has 0 aliphatic carbocycles. The summed E-state index contributed by atoms with van der Waals surface area (Å²) >= 11 is 0. The second-order valence-electron chi connectivity index (χ2n) is 4.85. The third-order valence-corrected chi connectivity index (χ3v) is 3.30. The fourth-order valence-electron chi connectivity index (χ4n) is 2.22. The van der Waals surface area contributed by atoms with Crippen LogP contribution >= 0.6 is 0 Å². The summed E-state index contributed by atoms with van der Waals surface area (Å²) in [6.45, 7) is 5.33. The van der Waals surface area contributed by atoms with E-state index in [4.69, 9.17) is 5.41 Å². The van der Waals surface area contributed by atoms with Gasteiger partial charge in [-0.3, -0.25) is 0 Å². The summed E-state index contributed by atoms with van der Waals surface area (Å²) in [5, 5.41) is 18.1. The zero-order valence-corrected chi connectivity index (χ0v) is 12.1. The van der Waals surface area contributed by atoms with Gasteiger partial charge in [-0.25, -0.2) is 0 Å². The Morgan fingerprint density at radius 2 is 1.86 bits per heavy atom. The minimum absolute atomic E-state index is 0.366. The predicted molar refractivity (Wildman–Crippen MR) is 88.7 cm³/mol. The minimum atomic E-state index is -0.624. The molecule has 2 nitrogen and oxygen atoms in total. The molecule has 21 heavy (non-hydrogen) atoms. The standard InChI is InChI=1S/C19H19NO/c1-3-4-10-19(20)17-12-11-16(13-18(17)14(2)21)15-8-6-5-7-9-15/h3-14,20-21H,1H2,2H3/b10-4-,20-19?. The van der Waals surface area contributed by atoms with Crippen molar-refractivity contribution in [2.75, 3.05) is 0 Å². The van der Waals surface area contributed by atoms with Crippen LogP contribution in [-0.2, 0) is 0 Å². The van der Waals surface area contributed by atoms with Gasteiger partial charge < -0.3 is 10.5 Å². The lowest BCUT2D eigenvalue weighted by Gasteiger charge is -2.14. The molecule has 106 valence electrons. The van der Waals surface area contributed by atoms with Gasteiger partial charge in [0.25, 0.3) is 0 Å². The largest absolute Gasteiger partial charge is 0.389 e. The lowest BCUT2D eigenvalue weighted by Crippen LogP contribution is -2.04. The Kier molecular flexibility index (Phi) is 4.85. The highest BCUT2D eigenvalue weighted by Crippen LogP contribution is 2.26. The second-order valence-corrected chi connectivity index (χ2v) is 4.85. The zero-order valence-electron chi connectivity index (χ0n) is 12.1. The smallest absolute Gasteiger partial charge is 0.0768 e. The van der Waals surface area contributed by atoms with Crippen molar-refractivity contribution >= 4 is 5.71 Å². The molecular formula is C19H19NO. The molecule has 0 aliphatic heterocycles. The van der Waals surface area contributed by atoms with E-state index in [-0.39, 0.29) is 0 Å². The molecule has 0 bridgehead atoms. The van der Waals surface area contributed by atoms with E-state index in [0.717, 1.165) is 22.3 Å². The summed E-state index contributed by atoms with van der Waals surface area (Å²) in [7, 11) is 0. The summed E-state index contributed by atoms with van der Waals surface area (Å²) in [5.41, 5.74) is 4.00. The van der Waals surface area contributed by atoms with Gasteiger partial charge in [0.1, 0.15) is 0 Å². The number of rotatable bonds is 5. The molecule has 0 fully saturated rings. The van der Waals surface area contributed by atoms with Crippen molar-refractivity contribution < 1.29 is 5.11 Å². The van der Waals surface area contributed by atoms with Crippen LogP contribution in [0.5, 0.6) is 0 Å². The first-order valence-corrected chi connectivity index (χ1v) is 6.89. The van der Waals surface area contributed by atoms with Crippen LogP contribution in [0, 0.1) is 5.41 Å². The third-order valence-electron chi connectivity index (χ3n) is 3.30. The zero-order chi connectivity index (χ0) is 15.2. The van der Waals surface area contributed by atoms with E-state index in [1.54, 1.807) is 25.2 Å². The van der Waals surface area contributed by atoms with Crippen molar-refractivity contribution in [1.29, 1.82) is 5.41 Å². The van der Waals surface area contributed by atoms with Crippen molar-refractivity contribution in [3.05, 3.63) is 84.5 Å².